The number of furan rings is 1. The Labute approximate surface area is 159 Å². The first-order chi connectivity index (χ1) is 13.4. The highest BCUT2D eigenvalue weighted by atomic mass is 19.1. The SMILES string of the molecule is NC(=O)CCN(C(=O)c1ccc(Cn2ccccc2=O)o1)c1ccc(F)cc1. The fourth-order valence-electron chi connectivity index (χ4n) is 2.66. The Kier molecular flexibility index (Phi) is 5.69. The molecule has 0 spiro atoms. The van der Waals surface area contributed by atoms with Crippen LogP contribution in [0, 0.1) is 5.82 Å². The molecule has 0 atom stereocenters. The molecule has 3 rings (SSSR count). The predicted octanol–water partition coefficient (Wildman–Crippen LogP) is 2.15. The molecule has 3 aromatic rings. The van der Waals surface area contributed by atoms with Crippen molar-refractivity contribution in [2.24, 2.45) is 5.73 Å². The van der Waals surface area contributed by atoms with E-state index in [9.17, 15) is 18.8 Å². The fraction of sp³-hybridized carbons (Fsp3) is 0.150. The number of benzene rings is 1. The number of halogens is 1. The number of nitrogens with two attached hydrogens (primary N) is 1. The van der Waals surface area contributed by atoms with Crippen LogP contribution in [0.15, 0.2) is 70.0 Å². The molecule has 8 heteroatoms. The lowest BCUT2D eigenvalue weighted by Crippen LogP contribution is -2.33. The summed E-state index contributed by atoms with van der Waals surface area (Å²) in [5.74, 6) is -1.05. The fourth-order valence-corrected chi connectivity index (χ4v) is 2.66. The number of pyridine rings is 1. The van der Waals surface area contributed by atoms with Crippen LogP contribution in [0.5, 0.6) is 0 Å². The first kappa shape index (κ1) is 19.1. The molecule has 0 aliphatic rings. The third-order valence-corrected chi connectivity index (χ3v) is 4.06. The van der Waals surface area contributed by atoms with Crippen molar-refractivity contribution in [2.75, 3.05) is 11.4 Å². The van der Waals surface area contributed by atoms with Gasteiger partial charge in [-0.15, -0.1) is 0 Å². The number of amides is 2. The Morgan fingerprint density at radius 2 is 1.82 bits per heavy atom. The maximum Gasteiger partial charge on any atom is 0.293 e. The summed E-state index contributed by atoms with van der Waals surface area (Å²) in [6.07, 6.45) is 1.56. The maximum absolute atomic E-state index is 13.2. The zero-order chi connectivity index (χ0) is 20.1. The number of anilines is 1. The molecule has 144 valence electrons. The molecule has 7 nitrogen and oxygen atoms in total. The van der Waals surface area contributed by atoms with Gasteiger partial charge in [-0.1, -0.05) is 6.07 Å². The molecule has 28 heavy (non-hydrogen) atoms. The molecule has 2 heterocycles. The molecule has 0 radical (unpaired) electrons. The van der Waals surface area contributed by atoms with Crippen molar-refractivity contribution >= 4 is 17.5 Å². The summed E-state index contributed by atoms with van der Waals surface area (Å²) in [6, 6.07) is 13.2. The first-order valence-electron chi connectivity index (χ1n) is 8.54. The molecule has 0 saturated carbocycles. The number of carbonyl (C=O) groups excluding carboxylic acids is 2. The molecule has 2 amide bonds. The van der Waals surface area contributed by atoms with Gasteiger partial charge in [-0.2, -0.15) is 0 Å². The quantitative estimate of drug-likeness (QED) is 0.676. The van der Waals surface area contributed by atoms with E-state index >= 15 is 0 Å². The van der Waals surface area contributed by atoms with Crippen LogP contribution in [-0.4, -0.2) is 22.9 Å². The Hall–Kier alpha value is -3.68. The average Bonchev–Trinajstić information content (AvgIpc) is 3.13. The molecule has 0 unspecified atom stereocenters. The van der Waals surface area contributed by atoms with Crippen molar-refractivity contribution in [3.63, 3.8) is 0 Å². The van der Waals surface area contributed by atoms with Gasteiger partial charge in [0.2, 0.25) is 5.91 Å². The Morgan fingerprint density at radius 1 is 1.07 bits per heavy atom. The molecule has 2 N–H and O–H groups in total. The van der Waals surface area contributed by atoms with E-state index in [-0.39, 0.29) is 30.8 Å². The average molecular weight is 383 g/mol. The largest absolute Gasteiger partial charge is 0.454 e. The zero-order valence-corrected chi connectivity index (χ0v) is 14.9. The zero-order valence-electron chi connectivity index (χ0n) is 14.9. The number of hydrogen-bond acceptors (Lipinski definition) is 4. The smallest absolute Gasteiger partial charge is 0.293 e. The second-order valence-electron chi connectivity index (χ2n) is 6.08. The summed E-state index contributed by atoms with van der Waals surface area (Å²) in [5.41, 5.74) is 5.41. The van der Waals surface area contributed by atoms with Gasteiger partial charge in [0, 0.05) is 30.9 Å². The van der Waals surface area contributed by atoms with E-state index in [1.165, 1.54) is 45.9 Å². The summed E-state index contributed by atoms with van der Waals surface area (Å²) in [5, 5.41) is 0. The highest BCUT2D eigenvalue weighted by Gasteiger charge is 2.22. The van der Waals surface area contributed by atoms with Gasteiger partial charge >= 0.3 is 0 Å². The van der Waals surface area contributed by atoms with Gasteiger partial charge in [0.1, 0.15) is 11.6 Å². The van der Waals surface area contributed by atoms with Crippen molar-refractivity contribution in [3.05, 3.63) is 88.5 Å². The standard InChI is InChI=1S/C20H18FN3O4/c21-14-4-6-15(7-5-14)24(12-10-18(22)25)20(27)17-9-8-16(28-17)13-23-11-2-1-3-19(23)26/h1-9,11H,10,12-13H2,(H2,22,25). The van der Waals surface area contributed by atoms with Crippen molar-refractivity contribution in [2.45, 2.75) is 13.0 Å². The number of nitrogens with zero attached hydrogens (tertiary/aromatic N) is 2. The summed E-state index contributed by atoms with van der Waals surface area (Å²) in [4.78, 5) is 37.1. The van der Waals surface area contributed by atoms with Crippen LogP contribution in [0.3, 0.4) is 0 Å². The summed E-state index contributed by atoms with van der Waals surface area (Å²) in [6.45, 7) is 0.193. The Bertz CT molecular complexity index is 1040. The molecule has 0 aliphatic carbocycles. The number of carbonyl (C=O) groups is 2. The highest BCUT2D eigenvalue weighted by Crippen LogP contribution is 2.20. The summed E-state index contributed by atoms with van der Waals surface area (Å²) >= 11 is 0. The summed E-state index contributed by atoms with van der Waals surface area (Å²) in [7, 11) is 0. The molecule has 0 bridgehead atoms. The van der Waals surface area contributed by atoms with Crippen molar-refractivity contribution in [1.29, 1.82) is 0 Å². The van der Waals surface area contributed by atoms with E-state index in [0.29, 0.717) is 11.4 Å². The lowest BCUT2D eigenvalue weighted by molar-refractivity contribution is -0.117. The highest BCUT2D eigenvalue weighted by molar-refractivity contribution is 6.04. The van der Waals surface area contributed by atoms with Crippen LogP contribution in [0.1, 0.15) is 22.7 Å². The molecular formula is C20H18FN3O4. The second-order valence-corrected chi connectivity index (χ2v) is 6.08. The Balaban J connectivity index is 1.83. The predicted molar refractivity (Wildman–Crippen MR) is 100 cm³/mol. The molecule has 0 saturated heterocycles. The maximum atomic E-state index is 13.2. The minimum atomic E-state index is -0.566. The normalized spacial score (nSPS) is 10.6. The molecule has 0 aliphatic heterocycles. The van der Waals surface area contributed by atoms with Gasteiger partial charge < -0.3 is 19.6 Å². The third-order valence-electron chi connectivity index (χ3n) is 4.06. The number of rotatable bonds is 7. The van der Waals surface area contributed by atoms with Gasteiger partial charge in [-0.3, -0.25) is 14.4 Å². The summed E-state index contributed by atoms with van der Waals surface area (Å²) < 4.78 is 20.2. The molecule has 0 fully saturated rings. The number of aromatic nitrogens is 1. The van der Waals surface area contributed by atoms with Gasteiger partial charge in [-0.25, -0.2) is 4.39 Å². The van der Waals surface area contributed by atoms with Gasteiger partial charge in [0.15, 0.2) is 5.76 Å². The van der Waals surface area contributed by atoms with Crippen molar-refractivity contribution in [3.8, 4) is 0 Å². The van der Waals surface area contributed by atoms with Crippen molar-refractivity contribution < 1.29 is 18.4 Å². The third kappa shape index (κ3) is 4.53. The van der Waals surface area contributed by atoms with Gasteiger partial charge in [0.25, 0.3) is 11.5 Å². The van der Waals surface area contributed by atoms with Crippen LogP contribution in [0.25, 0.3) is 0 Å². The topological polar surface area (TPSA) is 98.5 Å². The van der Waals surface area contributed by atoms with Crippen LogP contribution < -0.4 is 16.2 Å². The second kappa shape index (κ2) is 8.34. The minimum Gasteiger partial charge on any atom is -0.454 e. The van der Waals surface area contributed by atoms with E-state index in [4.69, 9.17) is 10.2 Å². The van der Waals surface area contributed by atoms with E-state index in [2.05, 4.69) is 0 Å². The van der Waals surface area contributed by atoms with Gasteiger partial charge in [-0.05, 0) is 42.5 Å². The minimum absolute atomic E-state index is 0.0218. The monoisotopic (exact) mass is 383 g/mol. The molecule has 2 aromatic heterocycles. The van der Waals surface area contributed by atoms with Crippen LogP contribution in [0.4, 0.5) is 10.1 Å². The van der Waals surface area contributed by atoms with Crippen LogP contribution >= 0.6 is 0 Å². The van der Waals surface area contributed by atoms with Gasteiger partial charge in [0.05, 0.1) is 6.54 Å². The van der Waals surface area contributed by atoms with Crippen molar-refractivity contribution in [1.82, 2.24) is 4.57 Å². The van der Waals surface area contributed by atoms with E-state index < -0.39 is 17.6 Å². The van der Waals surface area contributed by atoms with E-state index in [1.807, 2.05) is 0 Å². The number of hydrogen-bond donors (Lipinski definition) is 1. The molecular weight excluding hydrogens is 365 g/mol. The van der Waals surface area contributed by atoms with Crippen LogP contribution in [0.2, 0.25) is 0 Å². The van der Waals surface area contributed by atoms with E-state index in [1.54, 1.807) is 24.4 Å². The number of primary amides is 1. The first-order valence-corrected chi connectivity index (χ1v) is 8.54. The lowest BCUT2D eigenvalue weighted by atomic mass is 10.2. The van der Waals surface area contributed by atoms with Crippen LogP contribution in [-0.2, 0) is 11.3 Å². The molecule has 1 aromatic carbocycles. The van der Waals surface area contributed by atoms with E-state index in [0.717, 1.165) is 0 Å². The lowest BCUT2D eigenvalue weighted by Gasteiger charge is -2.21. The Morgan fingerprint density at radius 3 is 2.50 bits per heavy atom.